The molecule has 0 radical (unpaired) electrons. The molecule has 1 unspecified atom stereocenters. The molecule has 0 aliphatic carbocycles. The Bertz CT molecular complexity index is 273. The van der Waals surface area contributed by atoms with Crippen molar-refractivity contribution in [3.63, 3.8) is 0 Å². The number of rotatable bonds is 2. The molecular formula is C10H18N2O2. The van der Waals surface area contributed by atoms with Crippen molar-refractivity contribution in [1.29, 1.82) is 0 Å². The molecule has 1 atom stereocenters. The van der Waals surface area contributed by atoms with E-state index in [1.807, 2.05) is 32.7 Å². The highest BCUT2D eigenvalue weighted by Gasteiger charge is 2.32. The molecule has 14 heavy (non-hydrogen) atoms. The fourth-order valence-electron chi connectivity index (χ4n) is 1.69. The Balaban J connectivity index is 2.83. The molecule has 4 heteroatoms. The second-order valence-corrected chi connectivity index (χ2v) is 3.50. The minimum absolute atomic E-state index is 0.247. The van der Waals surface area contributed by atoms with Crippen molar-refractivity contribution in [3.8, 4) is 0 Å². The first-order valence-electron chi connectivity index (χ1n) is 4.83. The number of nitrogens with zero attached hydrogens (tertiary/aromatic N) is 2. The van der Waals surface area contributed by atoms with Crippen LogP contribution in [0.25, 0.3) is 0 Å². The van der Waals surface area contributed by atoms with Crippen molar-refractivity contribution in [3.05, 3.63) is 11.4 Å². The minimum Gasteiger partial charge on any atom is -0.423 e. The van der Waals surface area contributed by atoms with E-state index in [1.54, 1.807) is 0 Å². The maximum atomic E-state index is 10.9. The predicted octanol–water partition coefficient (Wildman–Crippen LogP) is 1.35. The van der Waals surface area contributed by atoms with Crippen LogP contribution < -0.4 is 0 Å². The van der Waals surface area contributed by atoms with Gasteiger partial charge in [-0.1, -0.05) is 0 Å². The molecule has 0 amide bonds. The van der Waals surface area contributed by atoms with Gasteiger partial charge in [0.2, 0.25) is 0 Å². The van der Waals surface area contributed by atoms with Crippen molar-refractivity contribution < 1.29 is 9.53 Å². The van der Waals surface area contributed by atoms with E-state index in [-0.39, 0.29) is 12.3 Å². The standard InChI is InChI=1S/C10H18N2O2/c1-6-12-8(3)7(2)11(5)10(12)14-9(4)13/h10H,6H2,1-5H3. The normalized spacial score (nSPS) is 21.9. The number of carbonyl (C=O) groups excluding carboxylic acids is 1. The highest BCUT2D eigenvalue weighted by atomic mass is 16.6. The van der Waals surface area contributed by atoms with Gasteiger partial charge in [0.15, 0.2) is 0 Å². The summed E-state index contributed by atoms with van der Waals surface area (Å²) in [4.78, 5) is 15.0. The summed E-state index contributed by atoms with van der Waals surface area (Å²) >= 11 is 0. The molecule has 0 saturated carbocycles. The second kappa shape index (κ2) is 3.90. The SMILES string of the molecule is CCN1C(C)=C(C)N(C)C1OC(C)=O. The maximum Gasteiger partial charge on any atom is 0.305 e. The Morgan fingerprint density at radius 3 is 2.43 bits per heavy atom. The van der Waals surface area contributed by atoms with E-state index < -0.39 is 0 Å². The number of allylic oxidation sites excluding steroid dienone is 2. The smallest absolute Gasteiger partial charge is 0.305 e. The van der Waals surface area contributed by atoms with Crippen LogP contribution in [0.4, 0.5) is 0 Å². The van der Waals surface area contributed by atoms with Crippen molar-refractivity contribution in [2.24, 2.45) is 0 Å². The monoisotopic (exact) mass is 198 g/mol. The zero-order valence-electron chi connectivity index (χ0n) is 9.50. The number of hydrogen-bond donors (Lipinski definition) is 0. The Morgan fingerprint density at radius 2 is 2.00 bits per heavy atom. The van der Waals surface area contributed by atoms with Crippen LogP contribution in [0.2, 0.25) is 0 Å². The molecule has 0 aromatic heterocycles. The van der Waals surface area contributed by atoms with E-state index in [4.69, 9.17) is 4.74 Å². The molecule has 0 spiro atoms. The largest absolute Gasteiger partial charge is 0.423 e. The van der Waals surface area contributed by atoms with E-state index in [0.29, 0.717) is 0 Å². The van der Waals surface area contributed by atoms with Gasteiger partial charge in [-0.2, -0.15) is 0 Å². The van der Waals surface area contributed by atoms with Crippen LogP contribution in [-0.4, -0.2) is 35.7 Å². The number of ether oxygens (including phenoxy) is 1. The minimum atomic E-state index is -0.266. The molecule has 0 fully saturated rings. The lowest BCUT2D eigenvalue weighted by Gasteiger charge is -2.30. The van der Waals surface area contributed by atoms with Gasteiger partial charge < -0.3 is 14.5 Å². The second-order valence-electron chi connectivity index (χ2n) is 3.50. The third kappa shape index (κ3) is 1.69. The van der Waals surface area contributed by atoms with Gasteiger partial charge in [0.05, 0.1) is 0 Å². The Hall–Kier alpha value is -1.19. The molecule has 80 valence electrons. The molecule has 0 N–H and O–H groups in total. The van der Waals surface area contributed by atoms with Crippen LogP contribution in [0, 0.1) is 0 Å². The Labute approximate surface area is 85.1 Å². The highest BCUT2D eigenvalue weighted by Crippen LogP contribution is 2.27. The van der Waals surface area contributed by atoms with Crippen LogP contribution >= 0.6 is 0 Å². The van der Waals surface area contributed by atoms with Gasteiger partial charge in [0.1, 0.15) is 0 Å². The van der Waals surface area contributed by atoms with E-state index in [9.17, 15) is 4.79 Å². The van der Waals surface area contributed by atoms with Gasteiger partial charge in [-0.25, -0.2) is 0 Å². The van der Waals surface area contributed by atoms with Gasteiger partial charge in [0, 0.05) is 31.9 Å². The third-order valence-electron chi connectivity index (χ3n) is 2.69. The molecule has 1 aliphatic heterocycles. The number of esters is 1. The van der Waals surface area contributed by atoms with Crippen molar-refractivity contribution in [2.75, 3.05) is 13.6 Å². The van der Waals surface area contributed by atoms with Gasteiger partial charge in [0.25, 0.3) is 6.35 Å². The molecule has 0 bridgehead atoms. The van der Waals surface area contributed by atoms with E-state index in [1.165, 1.54) is 12.6 Å². The van der Waals surface area contributed by atoms with Crippen LogP contribution in [0.15, 0.2) is 11.4 Å². The van der Waals surface area contributed by atoms with Crippen molar-refractivity contribution >= 4 is 5.97 Å². The molecular weight excluding hydrogens is 180 g/mol. The molecule has 1 aliphatic rings. The number of carbonyl (C=O) groups is 1. The summed E-state index contributed by atoms with van der Waals surface area (Å²) in [6, 6.07) is 0. The first kappa shape index (κ1) is 10.9. The van der Waals surface area contributed by atoms with Crippen LogP contribution in [0.5, 0.6) is 0 Å². The lowest BCUT2D eigenvalue weighted by molar-refractivity contribution is -0.165. The summed E-state index contributed by atoms with van der Waals surface area (Å²) < 4.78 is 5.24. The fourth-order valence-corrected chi connectivity index (χ4v) is 1.69. The molecule has 4 nitrogen and oxygen atoms in total. The Kier molecular flexibility index (Phi) is 3.03. The van der Waals surface area contributed by atoms with E-state index in [2.05, 4.69) is 4.90 Å². The summed E-state index contributed by atoms with van der Waals surface area (Å²) in [5.41, 5.74) is 2.32. The first-order valence-corrected chi connectivity index (χ1v) is 4.83. The molecule has 0 aromatic rings. The fraction of sp³-hybridized carbons (Fsp3) is 0.700. The average Bonchev–Trinajstić information content (AvgIpc) is 2.31. The lowest BCUT2D eigenvalue weighted by atomic mass is 10.4. The quantitative estimate of drug-likeness (QED) is 0.627. The summed E-state index contributed by atoms with van der Waals surface area (Å²) in [7, 11) is 1.93. The topological polar surface area (TPSA) is 32.8 Å². The maximum absolute atomic E-state index is 10.9. The van der Waals surface area contributed by atoms with Crippen molar-refractivity contribution in [1.82, 2.24) is 9.80 Å². The van der Waals surface area contributed by atoms with Crippen LogP contribution in [0.3, 0.4) is 0 Å². The molecule has 1 heterocycles. The van der Waals surface area contributed by atoms with Crippen LogP contribution in [0.1, 0.15) is 27.7 Å². The molecule has 0 saturated heterocycles. The summed E-state index contributed by atoms with van der Waals surface area (Å²) in [6.07, 6.45) is -0.266. The van der Waals surface area contributed by atoms with E-state index >= 15 is 0 Å². The first-order chi connectivity index (χ1) is 6.49. The summed E-state index contributed by atoms with van der Waals surface area (Å²) in [5.74, 6) is -0.247. The highest BCUT2D eigenvalue weighted by molar-refractivity contribution is 5.66. The molecule has 0 aromatic carbocycles. The summed E-state index contributed by atoms with van der Waals surface area (Å²) in [5, 5.41) is 0. The average molecular weight is 198 g/mol. The van der Waals surface area contributed by atoms with Gasteiger partial charge in [-0.3, -0.25) is 4.79 Å². The zero-order chi connectivity index (χ0) is 10.9. The zero-order valence-corrected chi connectivity index (χ0v) is 9.50. The van der Waals surface area contributed by atoms with E-state index in [0.717, 1.165) is 12.2 Å². The number of hydrogen-bond acceptors (Lipinski definition) is 4. The predicted molar refractivity (Wildman–Crippen MR) is 54.1 cm³/mol. The van der Waals surface area contributed by atoms with Gasteiger partial charge in [-0.05, 0) is 20.8 Å². The lowest BCUT2D eigenvalue weighted by Crippen LogP contribution is -2.41. The Morgan fingerprint density at radius 1 is 1.43 bits per heavy atom. The third-order valence-corrected chi connectivity index (χ3v) is 2.69. The summed E-state index contributed by atoms with van der Waals surface area (Å²) in [6.45, 7) is 8.39. The van der Waals surface area contributed by atoms with Gasteiger partial charge >= 0.3 is 5.97 Å². The van der Waals surface area contributed by atoms with Crippen LogP contribution in [-0.2, 0) is 9.53 Å². The van der Waals surface area contributed by atoms with Crippen molar-refractivity contribution in [2.45, 2.75) is 34.0 Å². The van der Waals surface area contributed by atoms with Gasteiger partial charge in [-0.15, -0.1) is 0 Å². The molecule has 1 rings (SSSR count).